The largest absolute Gasteiger partial charge is 0.508 e. The number of pyridine rings is 1. The second-order valence-electron chi connectivity index (χ2n) is 5.34. The van der Waals surface area contributed by atoms with E-state index in [-0.39, 0.29) is 12.0 Å². The predicted molar refractivity (Wildman–Crippen MR) is 80.2 cm³/mol. The Bertz CT molecular complexity index is 754. The number of nitrogens with zero attached hydrogens (tertiary/aromatic N) is 1. The molecule has 0 amide bonds. The molecule has 4 rings (SSSR count). The average Bonchev–Trinajstić information content (AvgIpc) is 2.83. The Morgan fingerprint density at radius 3 is 3.05 bits per heavy atom. The lowest BCUT2D eigenvalue weighted by Crippen LogP contribution is -2.14. The second kappa shape index (κ2) is 4.00. The van der Waals surface area contributed by atoms with Gasteiger partial charge in [-0.3, -0.25) is 0 Å². The fraction of sp³-hybridized carbons (Fsp3) is 0.188. The van der Waals surface area contributed by atoms with Crippen LogP contribution in [-0.2, 0) is 0 Å². The third-order valence-electron chi connectivity index (χ3n) is 4.14. The van der Waals surface area contributed by atoms with E-state index in [1.165, 1.54) is 5.56 Å². The number of rotatable bonds is 0. The van der Waals surface area contributed by atoms with E-state index < -0.39 is 0 Å². The Balaban J connectivity index is 1.90. The number of phenolic OH excluding ortho intramolecular Hbond substituents is 1. The van der Waals surface area contributed by atoms with Gasteiger partial charge >= 0.3 is 0 Å². The van der Waals surface area contributed by atoms with Crippen LogP contribution in [0, 0.1) is 6.92 Å². The van der Waals surface area contributed by atoms with Gasteiger partial charge in [0, 0.05) is 23.4 Å². The van der Waals surface area contributed by atoms with Gasteiger partial charge in [-0.1, -0.05) is 29.8 Å². The van der Waals surface area contributed by atoms with Crippen molar-refractivity contribution in [2.75, 3.05) is 5.32 Å². The normalized spacial score (nSPS) is 21.9. The van der Waals surface area contributed by atoms with Gasteiger partial charge in [-0.15, -0.1) is 0 Å². The number of hydrogen-bond acceptors (Lipinski definition) is 3. The average molecular weight is 285 g/mol. The summed E-state index contributed by atoms with van der Waals surface area (Å²) in [6, 6.07) is 5.65. The van der Waals surface area contributed by atoms with Gasteiger partial charge in [0.1, 0.15) is 10.9 Å². The van der Waals surface area contributed by atoms with Crippen LogP contribution in [0.4, 0.5) is 5.69 Å². The van der Waals surface area contributed by atoms with Crippen LogP contribution in [0.2, 0.25) is 5.15 Å². The Kier molecular flexibility index (Phi) is 2.36. The minimum Gasteiger partial charge on any atom is -0.508 e. The SMILES string of the molecule is Cc1cnc(Cl)c2c1NC1c3ccc(O)cc3C=CC21. The summed E-state index contributed by atoms with van der Waals surface area (Å²) in [6.45, 7) is 2.04. The zero-order valence-corrected chi connectivity index (χ0v) is 11.6. The summed E-state index contributed by atoms with van der Waals surface area (Å²) in [4.78, 5) is 4.26. The van der Waals surface area contributed by atoms with E-state index in [1.807, 2.05) is 19.1 Å². The number of anilines is 1. The first-order valence-electron chi connectivity index (χ1n) is 6.58. The topological polar surface area (TPSA) is 45.2 Å². The lowest BCUT2D eigenvalue weighted by Gasteiger charge is -2.24. The van der Waals surface area contributed by atoms with E-state index in [9.17, 15) is 5.11 Å². The molecule has 20 heavy (non-hydrogen) atoms. The van der Waals surface area contributed by atoms with E-state index in [0.717, 1.165) is 22.4 Å². The quantitative estimate of drug-likeness (QED) is 0.718. The summed E-state index contributed by atoms with van der Waals surface area (Å²) in [5.41, 5.74) is 5.50. The number of aromatic hydroxyl groups is 1. The van der Waals surface area contributed by atoms with Crippen molar-refractivity contribution >= 4 is 23.4 Å². The molecule has 2 N–H and O–H groups in total. The fourth-order valence-electron chi connectivity index (χ4n) is 3.19. The second-order valence-corrected chi connectivity index (χ2v) is 5.70. The summed E-state index contributed by atoms with van der Waals surface area (Å²) in [5.74, 6) is 0.486. The standard InChI is InChI=1S/C16H13ClN2O/c1-8-7-18-16(17)13-12-4-2-9-6-10(20)3-5-11(9)15(12)19-14(8)13/h2-7,12,15,19-20H,1H3. The van der Waals surface area contributed by atoms with Crippen molar-refractivity contribution < 1.29 is 5.11 Å². The van der Waals surface area contributed by atoms with Gasteiger partial charge in [-0.2, -0.15) is 0 Å². The lowest BCUT2D eigenvalue weighted by molar-refractivity contribution is 0.474. The van der Waals surface area contributed by atoms with E-state index >= 15 is 0 Å². The van der Waals surface area contributed by atoms with Crippen molar-refractivity contribution in [1.29, 1.82) is 0 Å². The van der Waals surface area contributed by atoms with E-state index in [1.54, 1.807) is 18.3 Å². The summed E-state index contributed by atoms with van der Waals surface area (Å²) in [7, 11) is 0. The van der Waals surface area contributed by atoms with Gasteiger partial charge in [-0.05, 0) is 35.7 Å². The molecular weight excluding hydrogens is 272 g/mol. The van der Waals surface area contributed by atoms with Crippen LogP contribution in [0.15, 0.2) is 30.5 Å². The number of nitrogens with one attached hydrogen (secondary N) is 1. The number of aromatic nitrogens is 1. The molecule has 0 saturated carbocycles. The highest BCUT2D eigenvalue weighted by atomic mass is 35.5. The molecule has 1 aromatic carbocycles. The van der Waals surface area contributed by atoms with E-state index in [4.69, 9.17) is 11.6 Å². The Morgan fingerprint density at radius 1 is 1.35 bits per heavy atom. The summed E-state index contributed by atoms with van der Waals surface area (Å²) >= 11 is 6.29. The monoisotopic (exact) mass is 284 g/mol. The molecular formula is C16H13ClN2O. The molecule has 2 unspecified atom stereocenters. The first kappa shape index (κ1) is 11.8. The molecule has 2 heterocycles. The number of benzene rings is 1. The van der Waals surface area contributed by atoms with Crippen LogP contribution in [0.5, 0.6) is 5.75 Å². The van der Waals surface area contributed by atoms with Crippen LogP contribution < -0.4 is 5.32 Å². The molecule has 1 aliphatic carbocycles. The highest BCUT2D eigenvalue weighted by Crippen LogP contribution is 2.51. The van der Waals surface area contributed by atoms with Crippen LogP contribution in [0.1, 0.15) is 34.2 Å². The van der Waals surface area contributed by atoms with Gasteiger partial charge in [0.15, 0.2) is 0 Å². The smallest absolute Gasteiger partial charge is 0.134 e. The minimum atomic E-state index is 0.158. The van der Waals surface area contributed by atoms with Crippen LogP contribution >= 0.6 is 11.6 Å². The van der Waals surface area contributed by atoms with Crippen molar-refractivity contribution in [3.05, 3.63) is 57.9 Å². The van der Waals surface area contributed by atoms with Gasteiger partial charge in [0.05, 0.1) is 6.04 Å². The maximum Gasteiger partial charge on any atom is 0.134 e. The van der Waals surface area contributed by atoms with Crippen LogP contribution in [0.25, 0.3) is 6.08 Å². The van der Waals surface area contributed by atoms with Gasteiger partial charge in [-0.25, -0.2) is 4.98 Å². The zero-order valence-electron chi connectivity index (χ0n) is 10.9. The maximum absolute atomic E-state index is 9.61. The number of phenols is 1. The van der Waals surface area contributed by atoms with Crippen LogP contribution in [-0.4, -0.2) is 10.1 Å². The summed E-state index contributed by atoms with van der Waals surface area (Å²) < 4.78 is 0. The van der Waals surface area contributed by atoms with Gasteiger partial charge in [0.25, 0.3) is 0 Å². The number of aryl methyl sites for hydroxylation is 1. The third kappa shape index (κ3) is 1.50. The highest BCUT2D eigenvalue weighted by molar-refractivity contribution is 6.30. The number of halogens is 1. The molecule has 1 aromatic heterocycles. The van der Waals surface area contributed by atoms with Crippen LogP contribution in [0.3, 0.4) is 0 Å². The van der Waals surface area contributed by atoms with Gasteiger partial charge < -0.3 is 10.4 Å². The van der Waals surface area contributed by atoms with Gasteiger partial charge in [0.2, 0.25) is 0 Å². The summed E-state index contributed by atoms with van der Waals surface area (Å²) in [6.07, 6.45) is 5.98. The van der Waals surface area contributed by atoms with Crippen molar-refractivity contribution in [1.82, 2.24) is 4.98 Å². The number of fused-ring (bicyclic) bond motifs is 5. The third-order valence-corrected chi connectivity index (χ3v) is 4.44. The molecule has 0 spiro atoms. The molecule has 2 atom stereocenters. The Hall–Kier alpha value is -2.00. The van der Waals surface area contributed by atoms with E-state index in [2.05, 4.69) is 16.4 Å². The lowest BCUT2D eigenvalue weighted by atomic mass is 9.84. The molecule has 0 fully saturated rings. The Labute approximate surface area is 121 Å². The van der Waals surface area contributed by atoms with Crippen molar-refractivity contribution in [3.8, 4) is 5.75 Å². The zero-order chi connectivity index (χ0) is 13.9. The molecule has 1 aliphatic heterocycles. The first-order chi connectivity index (χ1) is 9.65. The fourth-order valence-corrected chi connectivity index (χ4v) is 3.46. The molecule has 2 aromatic rings. The molecule has 4 heteroatoms. The minimum absolute atomic E-state index is 0.158. The van der Waals surface area contributed by atoms with E-state index in [0.29, 0.717) is 10.9 Å². The molecule has 0 bridgehead atoms. The van der Waals surface area contributed by atoms with Crippen molar-refractivity contribution in [2.24, 2.45) is 0 Å². The Morgan fingerprint density at radius 2 is 2.20 bits per heavy atom. The number of hydrogen-bond donors (Lipinski definition) is 2. The summed E-state index contributed by atoms with van der Waals surface area (Å²) in [5, 5.41) is 13.7. The predicted octanol–water partition coefficient (Wildman–Crippen LogP) is 4.03. The van der Waals surface area contributed by atoms with Crippen molar-refractivity contribution in [3.63, 3.8) is 0 Å². The maximum atomic E-state index is 9.61. The molecule has 3 nitrogen and oxygen atoms in total. The molecule has 0 radical (unpaired) electrons. The van der Waals surface area contributed by atoms with Crippen molar-refractivity contribution in [2.45, 2.75) is 18.9 Å². The highest BCUT2D eigenvalue weighted by Gasteiger charge is 2.37. The molecule has 0 saturated heterocycles. The first-order valence-corrected chi connectivity index (χ1v) is 6.95. The molecule has 100 valence electrons. The molecule has 2 aliphatic rings.